The molecule has 12 rings (SSSR count). The van der Waals surface area contributed by atoms with Gasteiger partial charge < -0.3 is 9.80 Å². The third-order valence-corrected chi connectivity index (χ3v) is 18.5. The Bertz CT molecular complexity index is 2730. The first-order chi connectivity index (χ1) is 31.2. The Kier molecular flexibility index (Phi) is 8.68. The number of para-hydroxylation sites is 3. The van der Waals surface area contributed by atoms with E-state index in [2.05, 4.69) is 246 Å². The summed E-state index contributed by atoms with van der Waals surface area (Å²) >= 11 is 0. The van der Waals surface area contributed by atoms with Gasteiger partial charge in [-0.3, -0.25) is 0 Å². The van der Waals surface area contributed by atoms with Gasteiger partial charge in [0.2, 0.25) is 0 Å². The van der Waals surface area contributed by atoms with Gasteiger partial charge in [0.25, 0.3) is 0 Å². The molecule has 2 heteroatoms. The molecule has 0 spiro atoms. The SMILES string of the molecule is CC(C)(C)c1cc2c3c(c1)C(C)(C)c1cc(C(C)(C)C)cc4c1N3c1c(cc(C(C)(C)C)cc1C4(C)C)C2(C)C.CC1(C)c2cccc3c2N2c4c1cccc4C(C)(C)c1cccc(c12)C3(C)C. The van der Waals surface area contributed by atoms with Crippen LogP contribution in [0.25, 0.3) is 0 Å². The van der Waals surface area contributed by atoms with Gasteiger partial charge in [-0.05, 0) is 99.7 Å². The molecule has 6 aliphatic rings. The summed E-state index contributed by atoms with van der Waals surface area (Å²) in [5.41, 5.74) is 30.3. The molecule has 0 unspecified atom stereocenters. The monoisotopic (exact) mass is 899 g/mol. The topological polar surface area (TPSA) is 6.48 Å². The summed E-state index contributed by atoms with van der Waals surface area (Å²) in [5, 5.41) is 0. The van der Waals surface area contributed by atoms with Gasteiger partial charge in [0, 0.05) is 32.5 Å². The number of hydrogen-bond donors (Lipinski definition) is 0. The second-order valence-corrected chi connectivity index (χ2v) is 28.0. The second-order valence-electron chi connectivity index (χ2n) is 28.0. The normalized spacial score (nSPS) is 19.9. The van der Waals surface area contributed by atoms with E-state index in [1.165, 1.54) is 118 Å². The molecule has 68 heavy (non-hydrogen) atoms. The Hall–Kier alpha value is -5.08. The Morgan fingerprint density at radius 1 is 0.250 bits per heavy atom. The molecule has 0 amide bonds. The Labute approximate surface area is 410 Å². The summed E-state index contributed by atoms with van der Waals surface area (Å²) in [4.78, 5) is 5.33. The van der Waals surface area contributed by atoms with Crippen LogP contribution in [-0.2, 0) is 48.7 Å². The Morgan fingerprint density at radius 3 is 0.559 bits per heavy atom. The highest BCUT2D eigenvalue weighted by Gasteiger charge is 2.54. The van der Waals surface area contributed by atoms with Crippen molar-refractivity contribution in [1.82, 2.24) is 0 Å². The van der Waals surface area contributed by atoms with Crippen molar-refractivity contribution in [2.24, 2.45) is 0 Å². The van der Waals surface area contributed by atoms with E-state index in [-0.39, 0.29) is 48.7 Å². The highest BCUT2D eigenvalue weighted by atomic mass is 15.2. The molecular formula is C66H78N2. The van der Waals surface area contributed by atoms with E-state index in [1.54, 1.807) is 0 Å². The molecule has 2 nitrogen and oxygen atoms in total. The number of hydrogen-bond acceptors (Lipinski definition) is 2. The van der Waals surface area contributed by atoms with Crippen LogP contribution >= 0.6 is 0 Å². The minimum absolute atomic E-state index is 0.0108. The molecule has 0 bridgehead atoms. The lowest BCUT2D eigenvalue weighted by Crippen LogP contribution is -2.44. The molecule has 6 heterocycles. The van der Waals surface area contributed by atoms with Crippen molar-refractivity contribution < 1.29 is 0 Å². The third kappa shape index (κ3) is 5.53. The van der Waals surface area contributed by atoms with Crippen LogP contribution in [0.4, 0.5) is 34.1 Å². The first-order valence-corrected chi connectivity index (χ1v) is 25.8. The van der Waals surface area contributed by atoms with Crippen LogP contribution in [0.5, 0.6) is 0 Å². The highest BCUT2D eigenvalue weighted by molar-refractivity contribution is 6.00. The number of anilines is 6. The van der Waals surface area contributed by atoms with Crippen molar-refractivity contribution in [1.29, 1.82) is 0 Å². The van der Waals surface area contributed by atoms with Crippen molar-refractivity contribution in [3.63, 3.8) is 0 Å². The fourth-order valence-electron chi connectivity index (χ4n) is 13.7. The summed E-state index contributed by atoms with van der Waals surface area (Å²) in [6, 6.07) is 36.2. The largest absolute Gasteiger partial charge is 0.309 e. The lowest BCUT2D eigenvalue weighted by molar-refractivity contribution is 0.535. The fraction of sp³-hybridized carbons (Fsp3) is 0.455. The molecule has 0 aromatic heterocycles. The molecule has 6 aliphatic heterocycles. The van der Waals surface area contributed by atoms with Crippen LogP contribution < -0.4 is 9.80 Å². The maximum Gasteiger partial charge on any atom is 0.0544 e. The molecule has 0 saturated carbocycles. The third-order valence-electron chi connectivity index (χ3n) is 18.5. The van der Waals surface area contributed by atoms with E-state index in [9.17, 15) is 0 Å². The second kappa shape index (κ2) is 13.0. The lowest BCUT2D eigenvalue weighted by Gasteiger charge is -2.56. The van der Waals surface area contributed by atoms with Gasteiger partial charge >= 0.3 is 0 Å². The Morgan fingerprint density at radius 2 is 0.397 bits per heavy atom. The predicted molar refractivity (Wildman–Crippen MR) is 291 cm³/mol. The first-order valence-electron chi connectivity index (χ1n) is 25.8. The van der Waals surface area contributed by atoms with Crippen LogP contribution in [-0.4, -0.2) is 0 Å². The van der Waals surface area contributed by atoms with Crippen molar-refractivity contribution in [2.45, 2.75) is 194 Å². The first kappa shape index (κ1) is 45.4. The average Bonchev–Trinajstić information content (AvgIpc) is 3.23. The summed E-state index contributed by atoms with van der Waals surface area (Å²) in [5.74, 6) is 0. The van der Waals surface area contributed by atoms with Gasteiger partial charge in [0.05, 0.1) is 34.1 Å². The maximum absolute atomic E-state index is 2.72. The van der Waals surface area contributed by atoms with Gasteiger partial charge in [-0.25, -0.2) is 0 Å². The predicted octanol–water partition coefficient (Wildman–Crippen LogP) is 18.0. The van der Waals surface area contributed by atoms with Gasteiger partial charge in [0.15, 0.2) is 0 Å². The number of benzene rings is 6. The van der Waals surface area contributed by atoms with Crippen LogP contribution in [0.15, 0.2) is 91.0 Å². The standard InChI is InChI=1S/C39H51N.C27H27N/c1-34(2,3)22-16-25-31-26(17-22)38(12,13)28-19-24(36(7,8)9)21-30-33(28)40(31)32-27(37(25,10)11)18-23(35(4,5)6)20-29(32)39(30,14)15;1-25(2)16-10-7-12-18-22(16)28-23-17(25)11-8-13-19(23)27(5,6)21-15-9-14-20(24(21)28)26(18,3)4/h16-21H,1-15H3;7-15H,1-6H3. The zero-order valence-corrected chi connectivity index (χ0v) is 45.6. The smallest absolute Gasteiger partial charge is 0.0544 e. The molecule has 0 atom stereocenters. The molecule has 6 aromatic rings. The van der Waals surface area contributed by atoms with Crippen LogP contribution in [0.2, 0.25) is 0 Å². The van der Waals surface area contributed by atoms with Crippen molar-refractivity contribution >= 4 is 34.1 Å². The number of nitrogens with zero attached hydrogens (tertiary/aromatic N) is 2. The van der Waals surface area contributed by atoms with Gasteiger partial charge in [-0.1, -0.05) is 236 Å². The van der Waals surface area contributed by atoms with Crippen molar-refractivity contribution in [3.8, 4) is 0 Å². The quantitative estimate of drug-likeness (QED) is 0.150. The number of rotatable bonds is 0. The molecule has 0 saturated heterocycles. The minimum atomic E-state index is -0.111. The molecule has 0 fully saturated rings. The molecular weight excluding hydrogens is 821 g/mol. The summed E-state index contributed by atoms with van der Waals surface area (Å²) in [7, 11) is 0. The summed E-state index contributed by atoms with van der Waals surface area (Å²) in [6.45, 7) is 50.5. The minimum Gasteiger partial charge on any atom is -0.309 e. The van der Waals surface area contributed by atoms with Gasteiger partial charge in [0.1, 0.15) is 0 Å². The van der Waals surface area contributed by atoms with Crippen LogP contribution in [0, 0.1) is 0 Å². The fourth-order valence-corrected chi connectivity index (χ4v) is 13.7. The van der Waals surface area contributed by atoms with Crippen LogP contribution in [0.3, 0.4) is 0 Å². The van der Waals surface area contributed by atoms with E-state index in [1.807, 2.05) is 0 Å². The zero-order valence-electron chi connectivity index (χ0n) is 45.6. The zero-order chi connectivity index (χ0) is 49.4. The van der Waals surface area contributed by atoms with E-state index in [0.717, 1.165) is 0 Å². The molecule has 352 valence electrons. The van der Waals surface area contributed by atoms with Gasteiger partial charge in [-0.15, -0.1) is 0 Å². The summed E-state index contributed by atoms with van der Waals surface area (Å²) < 4.78 is 0. The lowest BCUT2D eigenvalue weighted by atomic mass is 9.58. The van der Waals surface area contributed by atoms with Crippen molar-refractivity contribution in [3.05, 3.63) is 174 Å². The van der Waals surface area contributed by atoms with Crippen LogP contribution in [0.1, 0.15) is 229 Å². The summed E-state index contributed by atoms with van der Waals surface area (Å²) in [6.07, 6.45) is 0. The molecule has 6 aromatic carbocycles. The Balaban J connectivity index is 0.000000158. The van der Waals surface area contributed by atoms with Crippen molar-refractivity contribution in [2.75, 3.05) is 9.80 Å². The van der Waals surface area contributed by atoms with E-state index in [4.69, 9.17) is 0 Å². The maximum atomic E-state index is 2.72. The van der Waals surface area contributed by atoms with Gasteiger partial charge in [-0.2, -0.15) is 0 Å². The highest BCUT2D eigenvalue weighted by Crippen LogP contribution is 2.69. The molecule has 0 aliphatic carbocycles. The van der Waals surface area contributed by atoms with E-state index >= 15 is 0 Å². The molecule has 0 N–H and O–H groups in total. The van der Waals surface area contributed by atoms with E-state index < -0.39 is 0 Å². The molecule has 0 radical (unpaired) electrons. The van der Waals surface area contributed by atoms with E-state index in [0.29, 0.717) is 0 Å². The average molecular weight is 899 g/mol.